The lowest BCUT2D eigenvalue weighted by Crippen LogP contribution is -1.81. The minimum atomic E-state index is -1.83. The van der Waals surface area contributed by atoms with Gasteiger partial charge >= 0.3 is 6.16 Å². The van der Waals surface area contributed by atoms with Gasteiger partial charge in [-0.2, -0.15) is 0 Å². The van der Waals surface area contributed by atoms with E-state index in [9.17, 15) is 0 Å². The Kier molecular flexibility index (Phi) is 10.4. The molecular formula is C8H16O3. The van der Waals surface area contributed by atoms with Gasteiger partial charge in [0.25, 0.3) is 0 Å². The maximum Gasteiger partial charge on any atom is 0.503 e. The van der Waals surface area contributed by atoms with Crippen molar-refractivity contribution in [3.05, 3.63) is 11.6 Å². The molecule has 66 valence electrons. The molecule has 0 spiro atoms. The molecule has 0 fully saturated rings. The molecular weight excluding hydrogens is 144 g/mol. The van der Waals surface area contributed by atoms with Crippen LogP contribution in [0.3, 0.4) is 0 Å². The summed E-state index contributed by atoms with van der Waals surface area (Å²) in [6.07, 6.45) is 2.87. The van der Waals surface area contributed by atoms with Crippen molar-refractivity contribution in [3.8, 4) is 0 Å². The summed E-state index contributed by atoms with van der Waals surface area (Å²) >= 11 is 0. The fraction of sp³-hybridized carbons (Fsp3) is 0.625. The topological polar surface area (TPSA) is 57.5 Å². The normalized spacial score (nSPS) is 9.91. The fourth-order valence-electron chi connectivity index (χ4n) is 0.539. The van der Waals surface area contributed by atoms with Crippen LogP contribution in [0.15, 0.2) is 11.6 Å². The van der Waals surface area contributed by atoms with Gasteiger partial charge in [-0.1, -0.05) is 25.0 Å². The summed E-state index contributed by atoms with van der Waals surface area (Å²) in [4.78, 5) is 8.56. The van der Waals surface area contributed by atoms with Crippen molar-refractivity contribution in [1.29, 1.82) is 0 Å². The molecule has 0 aromatic carbocycles. The molecule has 2 N–H and O–H groups in total. The molecule has 0 aromatic heterocycles. The Morgan fingerprint density at radius 3 is 1.91 bits per heavy atom. The van der Waals surface area contributed by atoms with Gasteiger partial charge in [-0.3, -0.25) is 0 Å². The van der Waals surface area contributed by atoms with E-state index in [1.165, 1.54) is 18.4 Å². The Hall–Kier alpha value is -0.990. The van der Waals surface area contributed by atoms with Crippen LogP contribution in [0.1, 0.15) is 33.6 Å². The van der Waals surface area contributed by atoms with E-state index in [0.717, 1.165) is 0 Å². The van der Waals surface area contributed by atoms with Crippen LogP contribution < -0.4 is 0 Å². The zero-order valence-corrected chi connectivity index (χ0v) is 7.29. The van der Waals surface area contributed by atoms with Gasteiger partial charge in [0.1, 0.15) is 0 Å². The molecule has 0 aliphatic heterocycles. The lowest BCUT2D eigenvalue weighted by atomic mass is 10.2. The molecule has 3 heteroatoms. The molecule has 0 bridgehead atoms. The van der Waals surface area contributed by atoms with E-state index in [4.69, 9.17) is 15.0 Å². The SMILES string of the molecule is CC=C(C)CCC.O=C(O)O. The molecule has 0 rings (SSSR count). The van der Waals surface area contributed by atoms with Gasteiger partial charge < -0.3 is 10.2 Å². The highest BCUT2D eigenvalue weighted by molar-refractivity contribution is 5.53. The van der Waals surface area contributed by atoms with Crippen LogP contribution in [-0.2, 0) is 0 Å². The van der Waals surface area contributed by atoms with Crippen LogP contribution >= 0.6 is 0 Å². The predicted octanol–water partition coefficient (Wildman–Crippen LogP) is 2.98. The Morgan fingerprint density at radius 2 is 1.82 bits per heavy atom. The van der Waals surface area contributed by atoms with Crippen molar-refractivity contribution in [2.75, 3.05) is 0 Å². The summed E-state index contributed by atoms with van der Waals surface area (Å²) < 4.78 is 0. The molecule has 3 nitrogen and oxygen atoms in total. The van der Waals surface area contributed by atoms with Gasteiger partial charge in [-0.25, -0.2) is 4.79 Å². The van der Waals surface area contributed by atoms with Gasteiger partial charge in [0, 0.05) is 0 Å². The van der Waals surface area contributed by atoms with E-state index >= 15 is 0 Å². The first-order valence-corrected chi connectivity index (χ1v) is 3.58. The van der Waals surface area contributed by atoms with Gasteiger partial charge in [-0.05, 0) is 20.3 Å². The second-order valence-corrected chi connectivity index (χ2v) is 2.17. The van der Waals surface area contributed by atoms with E-state index in [0.29, 0.717) is 0 Å². The molecule has 0 unspecified atom stereocenters. The van der Waals surface area contributed by atoms with E-state index in [1.54, 1.807) is 0 Å². The van der Waals surface area contributed by atoms with Crippen LogP contribution in [-0.4, -0.2) is 16.4 Å². The third-order valence-electron chi connectivity index (χ3n) is 1.14. The highest BCUT2D eigenvalue weighted by Gasteiger charge is 1.79. The fourth-order valence-corrected chi connectivity index (χ4v) is 0.539. The second kappa shape index (κ2) is 9.01. The van der Waals surface area contributed by atoms with Crippen LogP contribution in [0.5, 0.6) is 0 Å². The van der Waals surface area contributed by atoms with Crippen molar-refractivity contribution >= 4 is 6.16 Å². The van der Waals surface area contributed by atoms with Gasteiger partial charge in [0.2, 0.25) is 0 Å². The molecule has 0 amide bonds. The summed E-state index contributed by atoms with van der Waals surface area (Å²) in [6.45, 7) is 6.46. The average molecular weight is 160 g/mol. The van der Waals surface area contributed by atoms with Crippen molar-refractivity contribution < 1.29 is 15.0 Å². The first-order chi connectivity index (χ1) is 5.04. The quantitative estimate of drug-likeness (QED) is 0.610. The van der Waals surface area contributed by atoms with Crippen molar-refractivity contribution in [2.24, 2.45) is 0 Å². The lowest BCUT2D eigenvalue weighted by Gasteiger charge is -1.91. The van der Waals surface area contributed by atoms with E-state index in [2.05, 4.69) is 26.8 Å². The Morgan fingerprint density at radius 1 is 1.45 bits per heavy atom. The first-order valence-electron chi connectivity index (χ1n) is 3.58. The molecule has 11 heavy (non-hydrogen) atoms. The number of hydrogen-bond acceptors (Lipinski definition) is 1. The van der Waals surface area contributed by atoms with Crippen LogP contribution in [0.25, 0.3) is 0 Å². The van der Waals surface area contributed by atoms with E-state index < -0.39 is 6.16 Å². The zero-order valence-electron chi connectivity index (χ0n) is 7.29. The second-order valence-electron chi connectivity index (χ2n) is 2.17. The third-order valence-corrected chi connectivity index (χ3v) is 1.14. The molecule has 0 saturated heterocycles. The Balaban J connectivity index is 0. The molecule has 0 atom stereocenters. The van der Waals surface area contributed by atoms with Gasteiger partial charge in [0.15, 0.2) is 0 Å². The standard InChI is InChI=1S/C7H14.CH2O3/c1-4-6-7(3)5-2;2-1(3)4/h5H,4,6H2,1-3H3;(H2,2,3,4). The minimum absolute atomic E-state index is 1.26. The maximum atomic E-state index is 8.56. The maximum absolute atomic E-state index is 8.56. The van der Waals surface area contributed by atoms with E-state index in [1.807, 2.05) is 0 Å². The summed E-state index contributed by atoms with van der Waals surface area (Å²) in [6, 6.07) is 0. The number of hydrogen-bond donors (Lipinski definition) is 2. The highest BCUT2D eigenvalue weighted by Crippen LogP contribution is 2.00. The molecule has 0 saturated carbocycles. The van der Waals surface area contributed by atoms with Crippen LogP contribution in [0, 0.1) is 0 Å². The smallest absolute Gasteiger partial charge is 0.450 e. The lowest BCUT2D eigenvalue weighted by molar-refractivity contribution is 0.137. The van der Waals surface area contributed by atoms with Gasteiger partial charge in [0.05, 0.1) is 0 Å². The number of rotatable bonds is 2. The van der Waals surface area contributed by atoms with Crippen molar-refractivity contribution in [1.82, 2.24) is 0 Å². The number of carbonyl (C=O) groups is 1. The highest BCUT2D eigenvalue weighted by atomic mass is 16.6. The molecule has 0 radical (unpaired) electrons. The third kappa shape index (κ3) is 27.5. The predicted molar refractivity (Wildman–Crippen MR) is 45.0 cm³/mol. The van der Waals surface area contributed by atoms with Crippen molar-refractivity contribution in [2.45, 2.75) is 33.6 Å². The largest absolute Gasteiger partial charge is 0.503 e. The monoisotopic (exact) mass is 160 g/mol. The minimum Gasteiger partial charge on any atom is -0.450 e. The zero-order chi connectivity index (χ0) is 9.28. The Labute approximate surface area is 67.4 Å². The summed E-state index contributed by atoms with van der Waals surface area (Å²) in [5.41, 5.74) is 1.50. The van der Waals surface area contributed by atoms with E-state index in [-0.39, 0.29) is 0 Å². The van der Waals surface area contributed by atoms with Crippen LogP contribution in [0.2, 0.25) is 0 Å². The summed E-state index contributed by atoms with van der Waals surface area (Å²) in [7, 11) is 0. The van der Waals surface area contributed by atoms with Crippen LogP contribution in [0.4, 0.5) is 4.79 Å². The molecule has 0 heterocycles. The number of carboxylic acid groups (broad SMARTS) is 2. The van der Waals surface area contributed by atoms with Gasteiger partial charge in [-0.15, -0.1) is 0 Å². The molecule has 0 aliphatic carbocycles. The number of allylic oxidation sites excluding steroid dienone is 2. The summed E-state index contributed by atoms with van der Waals surface area (Å²) in [5, 5.41) is 13.9. The first kappa shape index (κ1) is 12.7. The molecule has 0 aromatic rings. The van der Waals surface area contributed by atoms with Crippen molar-refractivity contribution in [3.63, 3.8) is 0 Å². The molecule has 0 aliphatic rings. The Bertz CT molecular complexity index is 123. The summed E-state index contributed by atoms with van der Waals surface area (Å²) in [5.74, 6) is 0. The average Bonchev–Trinajstić information content (AvgIpc) is 1.87.